The van der Waals surface area contributed by atoms with Crippen LogP contribution < -0.4 is 10.6 Å². The fourth-order valence-electron chi connectivity index (χ4n) is 2.98. The summed E-state index contributed by atoms with van der Waals surface area (Å²) in [6, 6.07) is 15.7. The van der Waals surface area contributed by atoms with Crippen molar-refractivity contribution < 1.29 is 4.79 Å². The fraction of sp³-hybridized carbons (Fsp3) is 0.391. The van der Waals surface area contributed by atoms with Gasteiger partial charge in [-0.15, -0.1) is 24.0 Å². The smallest absolute Gasteiger partial charge is 0.253 e. The van der Waals surface area contributed by atoms with Crippen LogP contribution in [0.1, 0.15) is 33.7 Å². The summed E-state index contributed by atoms with van der Waals surface area (Å²) in [4.78, 5) is 18.5. The molecule has 0 aliphatic carbocycles. The van der Waals surface area contributed by atoms with Gasteiger partial charge in [0.05, 0.1) is 6.54 Å². The van der Waals surface area contributed by atoms with Gasteiger partial charge in [0.2, 0.25) is 0 Å². The van der Waals surface area contributed by atoms with Gasteiger partial charge in [0, 0.05) is 43.0 Å². The van der Waals surface area contributed by atoms with E-state index in [0.717, 1.165) is 36.1 Å². The second-order valence-electron chi connectivity index (χ2n) is 7.08. The maximum absolute atomic E-state index is 12.2. The van der Waals surface area contributed by atoms with Gasteiger partial charge in [0.15, 0.2) is 5.96 Å². The number of hydrogen-bond acceptors (Lipinski definition) is 3. The molecule has 0 aliphatic rings. The number of hydrogen-bond donors (Lipinski definition) is 2. The Kier molecular flexibility index (Phi) is 13.0. The van der Waals surface area contributed by atoms with Crippen molar-refractivity contribution in [2.45, 2.75) is 18.6 Å². The summed E-state index contributed by atoms with van der Waals surface area (Å²) in [7, 11) is 3.53. The summed E-state index contributed by atoms with van der Waals surface area (Å²) < 4.78 is 0. The van der Waals surface area contributed by atoms with Gasteiger partial charge in [-0.25, -0.2) is 0 Å². The number of aliphatic imine (C=N–C) groups is 1. The lowest BCUT2D eigenvalue weighted by Crippen LogP contribution is -2.38. The zero-order chi connectivity index (χ0) is 21.9. The van der Waals surface area contributed by atoms with Gasteiger partial charge in [0.25, 0.3) is 5.91 Å². The van der Waals surface area contributed by atoms with E-state index in [1.807, 2.05) is 42.5 Å². The number of rotatable bonds is 9. The number of thioether (sulfide) groups is 1. The minimum absolute atomic E-state index is 0. The first-order valence-electron chi connectivity index (χ1n) is 10.1. The van der Waals surface area contributed by atoms with Gasteiger partial charge >= 0.3 is 0 Å². The Labute approximate surface area is 212 Å². The van der Waals surface area contributed by atoms with Gasteiger partial charge in [-0.3, -0.25) is 9.79 Å². The first-order valence-corrected chi connectivity index (χ1v) is 11.7. The Balaban J connectivity index is 0.00000480. The highest BCUT2D eigenvalue weighted by molar-refractivity contribution is 14.0. The molecule has 0 saturated heterocycles. The maximum Gasteiger partial charge on any atom is 0.253 e. The molecule has 0 aromatic heterocycles. The van der Waals surface area contributed by atoms with Gasteiger partial charge in [-0.1, -0.05) is 35.9 Å². The molecule has 0 aliphatic heterocycles. The van der Waals surface area contributed by atoms with Crippen LogP contribution in [0.5, 0.6) is 0 Å². The number of nitrogens with zero attached hydrogens (tertiary/aromatic N) is 2. The molecule has 0 heterocycles. The molecule has 2 N–H and O–H groups in total. The second kappa shape index (κ2) is 14.6. The van der Waals surface area contributed by atoms with Gasteiger partial charge < -0.3 is 15.5 Å². The zero-order valence-electron chi connectivity index (χ0n) is 18.5. The molecule has 8 heteroatoms. The van der Waals surface area contributed by atoms with E-state index in [1.54, 1.807) is 30.8 Å². The number of carbonyl (C=O) groups excluding carboxylic acids is 1. The van der Waals surface area contributed by atoms with Gasteiger partial charge in [-0.2, -0.15) is 11.8 Å². The number of benzene rings is 2. The standard InChI is InChI=1S/C23H31ClN4OS.HI/c1-5-25-23(27-16-21(30-4)18-9-7-11-20(24)15-18)26-13-12-17-8-6-10-19(14-17)22(29)28(2)3;/h6-11,14-15,21H,5,12-13,16H2,1-4H3,(H2,25,26,27);1H. The summed E-state index contributed by atoms with van der Waals surface area (Å²) in [6.07, 6.45) is 2.89. The second-order valence-corrected chi connectivity index (χ2v) is 8.55. The predicted octanol–water partition coefficient (Wildman–Crippen LogP) is 4.86. The Hall–Kier alpha value is -1.45. The molecule has 0 bridgehead atoms. The topological polar surface area (TPSA) is 56.7 Å². The van der Waals surface area contributed by atoms with E-state index in [1.165, 1.54) is 5.56 Å². The number of carbonyl (C=O) groups is 1. The lowest BCUT2D eigenvalue weighted by Gasteiger charge is -2.16. The lowest BCUT2D eigenvalue weighted by molar-refractivity contribution is 0.0827. The number of nitrogens with one attached hydrogen (secondary N) is 2. The molecule has 0 saturated carbocycles. The number of halogens is 2. The van der Waals surface area contributed by atoms with Crippen molar-refractivity contribution in [1.29, 1.82) is 0 Å². The molecule has 2 aromatic carbocycles. The van der Waals surface area contributed by atoms with Crippen LogP contribution in [0.3, 0.4) is 0 Å². The SMILES string of the molecule is CCNC(=NCC(SC)c1cccc(Cl)c1)NCCc1cccc(C(=O)N(C)C)c1.I. The van der Waals surface area contributed by atoms with Crippen LogP contribution in [0.2, 0.25) is 5.02 Å². The molecule has 2 rings (SSSR count). The highest BCUT2D eigenvalue weighted by Gasteiger charge is 2.11. The van der Waals surface area contributed by atoms with E-state index in [0.29, 0.717) is 12.1 Å². The van der Waals surface area contributed by atoms with Crippen LogP contribution in [0.15, 0.2) is 53.5 Å². The Morgan fingerprint density at radius 3 is 2.55 bits per heavy atom. The van der Waals surface area contributed by atoms with Crippen LogP contribution in [0, 0.1) is 0 Å². The molecule has 0 spiro atoms. The highest BCUT2D eigenvalue weighted by Crippen LogP contribution is 2.28. The molecule has 2 aromatic rings. The van der Waals surface area contributed by atoms with E-state index in [2.05, 4.69) is 29.9 Å². The Bertz CT molecular complexity index is 863. The van der Waals surface area contributed by atoms with Crippen molar-refractivity contribution in [2.75, 3.05) is 40.0 Å². The molecular weight excluding hydrogens is 543 g/mol. The highest BCUT2D eigenvalue weighted by atomic mass is 127. The van der Waals surface area contributed by atoms with E-state index in [-0.39, 0.29) is 35.1 Å². The van der Waals surface area contributed by atoms with E-state index in [4.69, 9.17) is 16.6 Å². The third-order valence-corrected chi connectivity index (χ3v) is 5.78. The van der Waals surface area contributed by atoms with Crippen LogP contribution in [0.25, 0.3) is 0 Å². The first kappa shape index (κ1) is 27.6. The molecule has 31 heavy (non-hydrogen) atoms. The van der Waals surface area contributed by atoms with E-state index >= 15 is 0 Å². The quantitative estimate of drug-likeness (QED) is 0.255. The number of amides is 1. The van der Waals surface area contributed by atoms with Crippen molar-refractivity contribution in [2.24, 2.45) is 4.99 Å². The summed E-state index contributed by atoms with van der Waals surface area (Å²) >= 11 is 7.90. The van der Waals surface area contributed by atoms with Crippen LogP contribution in [-0.2, 0) is 6.42 Å². The predicted molar refractivity (Wildman–Crippen MR) is 145 cm³/mol. The minimum atomic E-state index is 0. The normalized spacial score (nSPS) is 12.0. The molecule has 170 valence electrons. The molecule has 5 nitrogen and oxygen atoms in total. The average Bonchev–Trinajstić information content (AvgIpc) is 2.73. The minimum Gasteiger partial charge on any atom is -0.357 e. The third kappa shape index (κ3) is 9.29. The van der Waals surface area contributed by atoms with Crippen molar-refractivity contribution in [3.8, 4) is 0 Å². The van der Waals surface area contributed by atoms with E-state index < -0.39 is 0 Å². The zero-order valence-corrected chi connectivity index (χ0v) is 22.4. The molecule has 1 unspecified atom stereocenters. The molecular formula is C23H32ClIN4OS. The maximum atomic E-state index is 12.2. The van der Waals surface area contributed by atoms with Crippen molar-refractivity contribution in [3.05, 3.63) is 70.2 Å². The lowest BCUT2D eigenvalue weighted by atomic mass is 10.1. The average molecular weight is 575 g/mol. The summed E-state index contributed by atoms with van der Waals surface area (Å²) in [6.45, 7) is 4.23. The molecule has 1 atom stereocenters. The van der Waals surface area contributed by atoms with Crippen LogP contribution in [-0.4, -0.2) is 56.8 Å². The summed E-state index contributed by atoms with van der Waals surface area (Å²) in [5.41, 5.74) is 3.01. The summed E-state index contributed by atoms with van der Waals surface area (Å²) in [5, 5.41) is 7.68. The summed E-state index contributed by atoms with van der Waals surface area (Å²) in [5.74, 6) is 0.808. The van der Waals surface area contributed by atoms with Crippen molar-refractivity contribution >= 4 is 59.2 Å². The third-order valence-electron chi connectivity index (χ3n) is 4.55. The van der Waals surface area contributed by atoms with Gasteiger partial charge in [-0.05, 0) is 55.0 Å². The Morgan fingerprint density at radius 2 is 1.90 bits per heavy atom. The van der Waals surface area contributed by atoms with Crippen molar-refractivity contribution in [3.63, 3.8) is 0 Å². The fourth-order valence-corrected chi connectivity index (χ4v) is 3.82. The van der Waals surface area contributed by atoms with E-state index in [9.17, 15) is 4.79 Å². The van der Waals surface area contributed by atoms with Crippen molar-refractivity contribution in [1.82, 2.24) is 15.5 Å². The molecule has 0 fully saturated rings. The molecule has 1 amide bonds. The number of guanidine groups is 1. The molecule has 0 radical (unpaired) electrons. The first-order chi connectivity index (χ1) is 14.4. The Morgan fingerprint density at radius 1 is 1.16 bits per heavy atom. The van der Waals surface area contributed by atoms with Gasteiger partial charge in [0.1, 0.15) is 0 Å². The van der Waals surface area contributed by atoms with Crippen LogP contribution in [0.4, 0.5) is 0 Å². The largest absolute Gasteiger partial charge is 0.357 e. The van der Waals surface area contributed by atoms with Crippen LogP contribution >= 0.6 is 47.3 Å². The monoisotopic (exact) mass is 574 g/mol.